The van der Waals surface area contributed by atoms with Crippen LogP contribution >= 0.6 is 0 Å². The Balaban J connectivity index is 2.14. The van der Waals surface area contributed by atoms with Gasteiger partial charge in [-0.05, 0) is 24.3 Å². The van der Waals surface area contributed by atoms with Crippen molar-refractivity contribution in [1.82, 2.24) is 0 Å². The number of benzene rings is 2. The zero-order chi connectivity index (χ0) is 14.5. The summed E-state index contributed by atoms with van der Waals surface area (Å²) in [6, 6.07) is 8.69. The minimum Gasteiger partial charge on any atom is -0.497 e. The van der Waals surface area contributed by atoms with E-state index in [1.54, 1.807) is 26.4 Å². The minimum atomic E-state index is -0.616. The van der Waals surface area contributed by atoms with Crippen molar-refractivity contribution in [2.75, 3.05) is 19.5 Å². The first-order chi connectivity index (χ1) is 9.62. The van der Waals surface area contributed by atoms with Gasteiger partial charge in [0.15, 0.2) is 0 Å². The van der Waals surface area contributed by atoms with Gasteiger partial charge in [0.2, 0.25) is 0 Å². The number of nitrogens with one attached hydrogen (secondary N) is 1. The number of anilines is 1. The SMILES string of the molecule is COc1ccc(CNc2cc(F)cc(F)c2)c(OC)c1. The summed E-state index contributed by atoms with van der Waals surface area (Å²) in [6.45, 7) is 0.385. The summed E-state index contributed by atoms with van der Waals surface area (Å²) in [5.41, 5.74) is 1.23. The minimum absolute atomic E-state index is 0.375. The molecule has 0 aliphatic rings. The fourth-order valence-electron chi connectivity index (χ4n) is 1.85. The van der Waals surface area contributed by atoms with E-state index in [2.05, 4.69) is 5.32 Å². The molecular formula is C15H15F2NO2. The van der Waals surface area contributed by atoms with Crippen LogP contribution in [0.4, 0.5) is 14.5 Å². The first kappa shape index (κ1) is 14.1. The van der Waals surface area contributed by atoms with Crippen LogP contribution < -0.4 is 14.8 Å². The van der Waals surface area contributed by atoms with Crippen LogP contribution in [0.15, 0.2) is 36.4 Å². The van der Waals surface area contributed by atoms with Crippen LogP contribution in [0.25, 0.3) is 0 Å². The molecule has 0 saturated carbocycles. The molecule has 0 radical (unpaired) electrons. The van der Waals surface area contributed by atoms with Crippen LogP contribution in [0.1, 0.15) is 5.56 Å². The Kier molecular flexibility index (Phi) is 4.40. The maximum Gasteiger partial charge on any atom is 0.128 e. The summed E-state index contributed by atoms with van der Waals surface area (Å²) in [5, 5.41) is 2.95. The number of halogens is 2. The topological polar surface area (TPSA) is 30.5 Å². The molecule has 2 aromatic carbocycles. The summed E-state index contributed by atoms with van der Waals surface area (Å²) in [5.74, 6) is 0.0968. The van der Waals surface area contributed by atoms with E-state index in [0.29, 0.717) is 23.7 Å². The molecule has 0 amide bonds. The third-order valence-corrected chi connectivity index (χ3v) is 2.84. The van der Waals surface area contributed by atoms with Gasteiger partial charge in [-0.2, -0.15) is 0 Å². The van der Waals surface area contributed by atoms with Gasteiger partial charge in [-0.3, -0.25) is 0 Å². The normalized spacial score (nSPS) is 10.2. The van der Waals surface area contributed by atoms with Crippen molar-refractivity contribution in [1.29, 1.82) is 0 Å². The van der Waals surface area contributed by atoms with Crippen molar-refractivity contribution in [2.45, 2.75) is 6.54 Å². The predicted molar refractivity (Wildman–Crippen MR) is 73.2 cm³/mol. The lowest BCUT2D eigenvalue weighted by atomic mass is 10.2. The molecule has 0 spiro atoms. The van der Waals surface area contributed by atoms with Gasteiger partial charge in [0, 0.05) is 29.9 Å². The average molecular weight is 279 g/mol. The van der Waals surface area contributed by atoms with E-state index in [4.69, 9.17) is 9.47 Å². The van der Waals surface area contributed by atoms with Crippen LogP contribution in [0.2, 0.25) is 0 Å². The molecule has 0 fully saturated rings. The molecular weight excluding hydrogens is 264 g/mol. The van der Waals surface area contributed by atoms with Gasteiger partial charge in [-0.15, -0.1) is 0 Å². The zero-order valence-electron chi connectivity index (χ0n) is 11.2. The van der Waals surface area contributed by atoms with Gasteiger partial charge >= 0.3 is 0 Å². The molecule has 0 atom stereocenters. The third kappa shape index (κ3) is 3.38. The fraction of sp³-hybridized carbons (Fsp3) is 0.200. The maximum absolute atomic E-state index is 13.1. The van der Waals surface area contributed by atoms with E-state index in [1.807, 2.05) is 6.07 Å². The van der Waals surface area contributed by atoms with E-state index in [-0.39, 0.29) is 0 Å². The Labute approximate surface area is 116 Å². The van der Waals surface area contributed by atoms with E-state index in [0.717, 1.165) is 11.6 Å². The number of hydrogen-bond donors (Lipinski definition) is 1. The molecule has 0 heterocycles. The van der Waals surface area contributed by atoms with Crippen molar-refractivity contribution in [3.8, 4) is 11.5 Å². The fourth-order valence-corrected chi connectivity index (χ4v) is 1.85. The molecule has 0 bridgehead atoms. The Hall–Kier alpha value is -2.30. The maximum atomic E-state index is 13.1. The molecule has 106 valence electrons. The summed E-state index contributed by atoms with van der Waals surface area (Å²) < 4.78 is 36.5. The molecule has 1 N–H and O–H groups in total. The van der Waals surface area contributed by atoms with E-state index >= 15 is 0 Å². The number of rotatable bonds is 5. The highest BCUT2D eigenvalue weighted by molar-refractivity contribution is 5.47. The standard InChI is InChI=1S/C15H15F2NO2/c1-19-14-4-3-10(15(8-14)20-2)9-18-13-6-11(16)5-12(17)7-13/h3-8,18H,9H2,1-2H3. The highest BCUT2D eigenvalue weighted by atomic mass is 19.1. The van der Waals surface area contributed by atoms with Crippen molar-refractivity contribution in [2.24, 2.45) is 0 Å². The van der Waals surface area contributed by atoms with Gasteiger partial charge in [-0.25, -0.2) is 8.78 Å². The second-order valence-electron chi connectivity index (χ2n) is 4.19. The average Bonchev–Trinajstić information content (AvgIpc) is 2.44. The van der Waals surface area contributed by atoms with Crippen molar-refractivity contribution in [3.63, 3.8) is 0 Å². The lowest BCUT2D eigenvalue weighted by molar-refractivity contribution is 0.391. The molecule has 0 saturated heterocycles. The van der Waals surface area contributed by atoms with Gasteiger partial charge in [0.25, 0.3) is 0 Å². The van der Waals surface area contributed by atoms with Gasteiger partial charge in [-0.1, -0.05) is 0 Å². The molecule has 20 heavy (non-hydrogen) atoms. The van der Waals surface area contributed by atoms with Crippen LogP contribution in [0, 0.1) is 11.6 Å². The van der Waals surface area contributed by atoms with Crippen LogP contribution in [-0.2, 0) is 6.54 Å². The van der Waals surface area contributed by atoms with Crippen molar-refractivity contribution < 1.29 is 18.3 Å². The summed E-state index contributed by atoms with van der Waals surface area (Å²) in [6.07, 6.45) is 0. The third-order valence-electron chi connectivity index (χ3n) is 2.84. The van der Waals surface area contributed by atoms with Crippen LogP contribution in [-0.4, -0.2) is 14.2 Å². The van der Waals surface area contributed by atoms with Gasteiger partial charge in [0.05, 0.1) is 14.2 Å². The van der Waals surface area contributed by atoms with Crippen LogP contribution in [0.5, 0.6) is 11.5 Å². The smallest absolute Gasteiger partial charge is 0.128 e. The number of ether oxygens (including phenoxy) is 2. The molecule has 0 aromatic heterocycles. The summed E-state index contributed by atoms with van der Waals surface area (Å²) in [7, 11) is 3.13. The molecule has 5 heteroatoms. The Morgan fingerprint density at radius 3 is 2.25 bits per heavy atom. The van der Waals surface area contributed by atoms with Crippen LogP contribution in [0.3, 0.4) is 0 Å². The highest BCUT2D eigenvalue weighted by Gasteiger charge is 2.06. The van der Waals surface area contributed by atoms with Crippen molar-refractivity contribution in [3.05, 3.63) is 53.6 Å². The summed E-state index contributed by atoms with van der Waals surface area (Å²) in [4.78, 5) is 0. The zero-order valence-corrected chi connectivity index (χ0v) is 11.2. The molecule has 0 aliphatic carbocycles. The largest absolute Gasteiger partial charge is 0.497 e. The predicted octanol–water partition coefficient (Wildman–Crippen LogP) is 3.59. The van der Waals surface area contributed by atoms with Gasteiger partial charge in [0.1, 0.15) is 23.1 Å². The quantitative estimate of drug-likeness (QED) is 0.907. The molecule has 2 rings (SSSR count). The van der Waals surface area contributed by atoms with E-state index in [9.17, 15) is 8.78 Å². The van der Waals surface area contributed by atoms with E-state index < -0.39 is 11.6 Å². The number of methoxy groups -OCH3 is 2. The first-order valence-corrected chi connectivity index (χ1v) is 6.03. The Morgan fingerprint density at radius 2 is 1.65 bits per heavy atom. The van der Waals surface area contributed by atoms with E-state index in [1.165, 1.54) is 12.1 Å². The second kappa shape index (κ2) is 6.23. The Bertz CT molecular complexity index is 582. The lowest BCUT2D eigenvalue weighted by Gasteiger charge is -2.12. The monoisotopic (exact) mass is 279 g/mol. The molecule has 0 unspecified atom stereocenters. The lowest BCUT2D eigenvalue weighted by Crippen LogP contribution is -2.02. The second-order valence-corrected chi connectivity index (χ2v) is 4.19. The number of hydrogen-bond acceptors (Lipinski definition) is 3. The Morgan fingerprint density at radius 1 is 0.950 bits per heavy atom. The molecule has 0 aliphatic heterocycles. The first-order valence-electron chi connectivity index (χ1n) is 6.03. The highest BCUT2D eigenvalue weighted by Crippen LogP contribution is 2.25. The molecule has 2 aromatic rings. The van der Waals surface area contributed by atoms with Gasteiger partial charge < -0.3 is 14.8 Å². The molecule has 3 nitrogen and oxygen atoms in total. The summed E-state index contributed by atoms with van der Waals surface area (Å²) >= 11 is 0. The van der Waals surface area contributed by atoms with Crippen molar-refractivity contribution >= 4 is 5.69 Å².